The molecule has 2 N–H and O–H groups in total. The molecule has 5 heteroatoms. The minimum atomic E-state index is -0.203. The van der Waals surface area contributed by atoms with Crippen LogP contribution in [0.4, 0.5) is 0 Å². The predicted octanol–water partition coefficient (Wildman–Crippen LogP) is 3.91. The van der Waals surface area contributed by atoms with Gasteiger partial charge >= 0.3 is 0 Å². The van der Waals surface area contributed by atoms with Gasteiger partial charge in [-0.3, -0.25) is 4.79 Å². The summed E-state index contributed by atoms with van der Waals surface area (Å²) in [6.45, 7) is 3.62. The number of carbonyl (C=O) groups excluding carboxylic acids is 1. The molecule has 0 saturated carbocycles. The number of amides is 1. The number of rotatable bonds is 3. The number of benzene rings is 1. The Morgan fingerprint density at radius 3 is 2.74 bits per heavy atom. The van der Waals surface area contributed by atoms with Crippen LogP contribution in [-0.2, 0) is 0 Å². The fourth-order valence-electron chi connectivity index (χ4n) is 1.78. The van der Waals surface area contributed by atoms with Crippen molar-refractivity contribution in [3.63, 3.8) is 0 Å². The number of nitrogens with one attached hydrogen (secondary N) is 1. The molecule has 0 saturated heterocycles. The van der Waals surface area contributed by atoms with Crippen molar-refractivity contribution in [1.29, 1.82) is 0 Å². The van der Waals surface area contributed by atoms with Crippen LogP contribution >= 0.6 is 22.9 Å². The van der Waals surface area contributed by atoms with Gasteiger partial charge in [-0.1, -0.05) is 17.7 Å². The lowest BCUT2D eigenvalue weighted by atomic mass is 10.1. The highest BCUT2D eigenvalue weighted by atomic mass is 35.5. The standard InChI is InChI=1S/C14H14ClNO2S/c1-8-10(4-3-5-11(8)17)14(18)16-9(2)12-6-7-13(15)19-12/h3-7,9,17H,1-2H3,(H,16,18). The second-order valence-electron chi connectivity index (χ2n) is 4.29. The third kappa shape index (κ3) is 3.08. The van der Waals surface area contributed by atoms with Gasteiger partial charge in [-0.15, -0.1) is 11.3 Å². The van der Waals surface area contributed by atoms with Crippen LogP contribution in [0.15, 0.2) is 30.3 Å². The van der Waals surface area contributed by atoms with Gasteiger partial charge in [0.25, 0.3) is 5.91 Å². The van der Waals surface area contributed by atoms with E-state index in [0.29, 0.717) is 15.5 Å². The van der Waals surface area contributed by atoms with Gasteiger partial charge in [0.1, 0.15) is 5.75 Å². The van der Waals surface area contributed by atoms with Crippen molar-refractivity contribution in [1.82, 2.24) is 5.32 Å². The van der Waals surface area contributed by atoms with Crippen LogP contribution in [0.1, 0.15) is 33.8 Å². The quantitative estimate of drug-likeness (QED) is 0.902. The van der Waals surface area contributed by atoms with Crippen molar-refractivity contribution in [3.05, 3.63) is 50.7 Å². The molecule has 0 radical (unpaired) electrons. The number of phenols is 1. The number of hydrogen-bond donors (Lipinski definition) is 2. The highest BCUT2D eigenvalue weighted by Crippen LogP contribution is 2.27. The monoisotopic (exact) mass is 295 g/mol. The maximum Gasteiger partial charge on any atom is 0.252 e. The lowest BCUT2D eigenvalue weighted by molar-refractivity contribution is 0.0939. The topological polar surface area (TPSA) is 49.3 Å². The Bertz CT molecular complexity index is 609. The Labute approximate surface area is 120 Å². The zero-order valence-corrected chi connectivity index (χ0v) is 12.2. The molecule has 100 valence electrons. The summed E-state index contributed by atoms with van der Waals surface area (Å²) < 4.78 is 0.699. The lowest BCUT2D eigenvalue weighted by Crippen LogP contribution is -2.26. The van der Waals surface area contributed by atoms with Gasteiger partial charge in [0.05, 0.1) is 10.4 Å². The summed E-state index contributed by atoms with van der Waals surface area (Å²) in [6, 6.07) is 8.50. The molecule has 0 aliphatic rings. The summed E-state index contributed by atoms with van der Waals surface area (Å²) in [4.78, 5) is 13.2. The van der Waals surface area contributed by atoms with Crippen molar-refractivity contribution in [2.24, 2.45) is 0 Å². The highest BCUT2D eigenvalue weighted by molar-refractivity contribution is 7.16. The minimum absolute atomic E-state index is 0.119. The summed E-state index contributed by atoms with van der Waals surface area (Å²) in [5.74, 6) is -0.0788. The molecule has 0 spiro atoms. The van der Waals surface area contributed by atoms with Crippen LogP contribution in [0.5, 0.6) is 5.75 Å². The molecule has 2 aromatic rings. The molecule has 0 fully saturated rings. The Kier molecular flexibility index (Phi) is 4.12. The summed E-state index contributed by atoms with van der Waals surface area (Å²) in [5, 5.41) is 12.5. The van der Waals surface area contributed by atoms with Crippen LogP contribution in [0, 0.1) is 6.92 Å². The largest absolute Gasteiger partial charge is 0.508 e. The van der Waals surface area contributed by atoms with Crippen LogP contribution in [-0.4, -0.2) is 11.0 Å². The molecule has 1 amide bonds. The average molecular weight is 296 g/mol. The number of aromatic hydroxyl groups is 1. The molecule has 1 atom stereocenters. The Hall–Kier alpha value is -1.52. The van der Waals surface area contributed by atoms with E-state index in [1.807, 2.05) is 19.1 Å². The molecular weight excluding hydrogens is 282 g/mol. The van der Waals surface area contributed by atoms with E-state index in [0.717, 1.165) is 4.88 Å². The fourth-order valence-corrected chi connectivity index (χ4v) is 2.84. The van der Waals surface area contributed by atoms with E-state index in [2.05, 4.69) is 5.32 Å². The number of carbonyl (C=O) groups is 1. The van der Waals surface area contributed by atoms with E-state index < -0.39 is 0 Å². The Morgan fingerprint density at radius 1 is 1.37 bits per heavy atom. The number of halogens is 1. The fraction of sp³-hybridized carbons (Fsp3) is 0.214. The normalized spacial score (nSPS) is 12.2. The molecule has 0 bridgehead atoms. The summed E-state index contributed by atoms with van der Waals surface area (Å²) >= 11 is 7.32. The van der Waals surface area contributed by atoms with Gasteiger partial charge in [-0.05, 0) is 38.1 Å². The van der Waals surface area contributed by atoms with E-state index in [4.69, 9.17) is 11.6 Å². The van der Waals surface area contributed by atoms with E-state index in [-0.39, 0.29) is 17.7 Å². The van der Waals surface area contributed by atoms with Crippen molar-refractivity contribution in [2.45, 2.75) is 19.9 Å². The average Bonchev–Trinajstić information content (AvgIpc) is 2.79. The zero-order chi connectivity index (χ0) is 14.0. The maximum atomic E-state index is 12.2. The van der Waals surface area contributed by atoms with E-state index in [1.54, 1.807) is 25.1 Å². The number of hydrogen-bond acceptors (Lipinski definition) is 3. The molecule has 1 unspecified atom stereocenters. The van der Waals surface area contributed by atoms with Crippen LogP contribution in [0.3, 0.4) is 0 Å². The smallest absolute Gasteiger partial charge is 0.252 e. The van der Waals surface area contributed by atoms with Crippen molar-refractivity contribution >= 4 is 28.8 Å². The van der Waals surface area contributed by atoms with E-state index in [9.17, 15) is 9.90 Å². The van der Waals surface area contributed by atoms with Crippen LogP contribution in [0.25, 0.3) is 0 Å². The molecular formula is C14H14ClNO2S. The summed E-state index contributed by atoms with van der Waals surface area (Å²) in [7, 11) is 0. The molecule has 1 aromatic carbocycles. The first-order chi connectivity index (χ1) is 8.99. The zero-order valence-electron chi connectivity index (χ0n) is 10.6. The Morgan fingerprint density at radius 2 is 2.11 bits per heavy atom. The summed E-state index contributed by atoms with van der Waals surface area (Å²) in [5.41, 5.74) is 1.06. The summed E-state index contributed by atoms with van der Waals surface area (Å²) in [6.07, 6.45) is 0. The third-order valence-corrected chi connectivity index (χ3v) is 4.33. The van der Waals surface area contributed by atoms with Crippen molar-refractivity contribution in [2.75, 3.05) is 0 Å². The molecule has 3 nitrogen and oxygen atoms in total. The number of phenolic OH excluding ortho intramolecular Hbond substituents is 1. The first kappa shape index (κ1) is 13.9. The molecule has 19 heavy (non-hydrogen) atoms. The number of thiophene rings is 1. The SMILES string of the molecule is Cc1c(O)cccc1C(=O)NC(C)c1ccc(Cl)s1. The van der Waals surface area contributed by atoms with E-state index in [1.165, 1.54) is 11.3 Å². The van der Waals surface area contributed by atoms with Crippen LogP contribution < -0.4 is 5.32 Å². The van der Waals surface area contributed by atoms with Crippen molar-refractivity contribution < 1.29 is 9.90 Å². The minimum Gasteiger partial charge on any atom is -0.508 e. The second-order valence-corrected chi connectivity index (χ2v) is 6.03. The molecule has 0 aliphatic heterocycles. The first-order valence-corrected chi connectivity index (χ1v) is 7.03. The van der Waals surface area contributed by atoms with Gasteiger partial charge in [-0.25, -0.2) is 0 Å². The van der Waals surface area contributed by atoms with Gasteiger partial charge in [0.2, 0.25) is 0 Å². The lowest BCUT2D eigenvalue weighted by Gasteiger charge is -2.13. The second kappa shape index (κ2) is 5.63. The van der Waals surface area contributed by atoms with Gasteiger partial charge in [0.15, 0.2) is 0 Å². The van der Waals surface area contributed by atoms with Crippen molar-refractivity contribution in [3.8, 4) is 5.75 Å². The Balaban J connectivity index is 2.15. The van der Waals surface area contributed by atoms with Crippen LogP contribution in [0.2, 0.25) is 4.34 Å². The first-order valence-electron chi connectivity index (χ1n) is 5.83. The third-order valence-electron chi connectivity index (χ3n) is 2.92. The molecule has 1 aromatic heterocycles. The van der Waals surface area contributed by atoms with Gasteiger partial charge in [-0.2, -0.15) is 0 Å². The molecule has 2 rings (SSSR count). The predicted molar refractivity (Wildman–Crippen MR) is 78.1 cm³/mol. The maximum absolute atomic E-state index is 12.2. The van der Waals surface area contributed by atoms with E-state index >= 15 is 0 Å². The highest BCUT2D eigenvalue weighted by Gasteiger charge is 2.15. The molecule has 0 aliphatic carbocycles. The van der Waals surface area contributed by atoms with Gasteiger partial charge in [0, 0.05) is 16.0 Å². The van der Waals surface area contributed by atoms with Gasteiger partial charge < -0.3 is 10.4 Å². The molecule has 1 heterocycles.